The predicted molar refractivity (Wildman–Crippen MR) is 60.5 cm³/mol. The molecule has 0 bridgehead atoms. The molecule has 1 unspecified atom stereocenters. The van der Waals surface area contributed by atoms with Crippen LogP contribution < -0.4 is 5.32 Å². The van der Waals surface area contributed by atoms with Gasteiger partial charge in [-0.25, -0.2) is 0 Å². The fourth-order valence-electron chi connectivity index (χ4n) is 3.26. The minimum atomic E-state index is 0.486. The third kappa shape index (κ3) is 1.82. The van der Waals surface area contributed by atoms with E-state index < -0.39 is 0 Å². The highest BCUT2D eigenvalue weighted by Gasteiger charge is 2.40. The minimum Gasteiger partial charge on any atom is -0.308 e. The van der Waals surface area contributed by atoms with Gasteiger partial charge >= 0.3 is 0 Å². The minimum absolute atomic E-state index is 0.486. The molecular formula is C12H24N2. The Morgan fingerprint density at radius 1 is 1.29 bits per heavy atom. The van der Waals surface area contributed by atoms with Gasteiger partial charge in [-0.05, 0) is 25.8 Å². The predicted octanol–water partition coefficient (Wildman–Crippen LogP) is 1.86. The van der Waals surface area contributed by atoms with Gasteiger partial charge in [0.15, 0.2) is 0 Å². The van der Waals surface area contributed by atoms with Crippen LogP contribution in [0, 0.1) is 5.92 Å². The zero-order valence-electron chi connectivity index (χ0n) is 9.84. The summed E-state index contributed by atoms with van der Waals surface area (Å²) in [4.78, 5) is 2.58. The van der Waals surface area contributed by atoms with Gasteiger partial charge in [-0.1, -0.05) is 26.7 Å². The van der Waals surface area contributed by atoms with E-state index in [1.165, 1.54) is 38.8 Å². The van der Waals surface area contributed by atoms with E-state index in [1.807, 2.05) is 0 Å². The summed E-state index contributed by atoms with van der Waals surface area (Å²) in [5.41, 5.74) is 0.486. The van der Waals surface area contributed by atoms with Crippen LogP contribution in [-0.4, -0.2) is 36.6 Å². The molecule has 1 saturated heterocycles. The molecule has 0 radical (unpaired) electrons. The van der Waals surface area contributed by atoms with E-state index in [2.05, 4.69) is 31.1 Å². The largest absolute Gasteiger partial charge is 0.308 e. The van der Waals surface area contributed by atoms with Crippen molar-refractivity contribution in [1.82, 2.24) is 10.2 Å². The summed E-state index contributed by atoms with van der Waals surface area (Å²) >= 11 is 0. The summed E-state index contributed by atoms with van der Waals surface area (Å²) in [5.74, 6) is 0.770. The fourth-order valence-corrected chi connectivity index (χ4v) is 3.26. The Morgan fingerprint density at radius 3 is 2.43 bits per heavy atom. The van der Waals surface area contributed by atoms with Gasteiger partial charge in [0.05, 0.1) is 0 Å². The van der Waals surface area contributed by atoms with Gasteiger partial charge in [-0.3, -0.25) is 0 Å². The van der Waals surface area contributed by atoms with Crippen molar-refractivity contribution < 1.29 is 0 Å². The number of piperazine rings is 1. The Bertz CT molecular complexity index is 194. The van der Waals surface area contributed by atoms with E-state index in [1.54, 1.807) is 0 Å². The summed E-state index contributed by atoms with van der Waals surface area (Å²) < 4.78 is 0. The molecule has 0 amide bonds. The molecule has 82 valence electrons. The molecule has 2 heteroatoms. The monoisotopic (exact) mass is 196 g/mol. The van der Waals surface area contributed by atoms with Gasteiger partial charge in [-0.15, -0.1) is 0 Å². The van der Waals surface area contributed by atoms with E-state index >= 15 is 0 Å². The highest BCUT2D eigenvalue weighted by Crippen LogP contribution is 2.33. The maximum Gasteiger partial charge on any atom is 0.0309 e. The molecule has 1 heterocycles. The summed E-state index contributed by atoms with van der Waals surface area (Å²) in [5, 5.41) is 3.81. The second-order valence-electron chi connectivity index (χ2n) is 5.59. The molecule has 1 atom stereocenters. The average molecular weight is 196 g/mol. The third-order valence-electron chi connectivity index (χ3n) is 4.13. The number of hydrogen-bond donors (Lipinski definition) is 1. The first-order chi connectivity index (χ1) is 6.63. The van der Waals surface area contributed by atoms with Crippen molar-refractivity contribution >= 4 is 0 Å². The highest BCUT2D eigenvalue weighted by atomic mass is 15.2. The third-order valence-corrected chi connectivity index (χ3v) is 4.13. The lowest BCUT2D eigenvalue weighted by molar-refractivity contribution is 0.0803. The zero-order valence-corrected chi connectivity index (χ0v) is 9.84. The van der Waals surface area contributed by atoms with Gasteiger partial charge in [0.2, 0.25) is 0 Å². The van der Waals surface area contributed by atoms with Crippen molar-refractivity contribution in [2.45, 2.75) is 51.1 Å². The Morgan fingerprint density at radius 2 is 1.93 bits per heavy atom. The number of rotatable bonds is 1. The summed E-state index contributed by atoms with van der Waals surface area (Å²) in [7, 11) is 2.30. The van der Waals surface area contributed by atoms with Gasteiger partial charge in [0.25, 0.3) is 0 Å². The number of likely N-dealkylation sites (N-methyl/N-ethyl adjacent to an activating group) is 1. The molecular weight excluding hydrogens is 172 g/mol. The lowest BCUT2D eigenvalue weighted by Gasteiger charge is -2.46. The second kappa shape index (κ2) is 3.82. The summed E-state index contributed by atoms with van der Waals surface area (Å²) in [6, 6.07) is 0.737. The lowest BCUT2D eigenvalue weighted by atomic mass is 9.90. The molecule has 1 aliphatic carbocycles. The maximum atomic E-state index is 3.81. The number of nitrogens with one attached hydrogen (secondary N) is 1. The maximum absolute atomic E-state index is 3.81. The Balaban J connectivity index is 1.98. The average Bonchev–Trinajstić information content (AvgIpc) is 2.52. The van der Waals surface area contributed by atoms with Crippen molar-refractivity contribution in [1.29, 1.82) is 0 Å². The summed E-state index contributed by atoms with van der Waals surface area (Å²) in [6.07, 6.45) is 5.63. The van der Waals surface area contributed by atoms with E-state index in [0.717, 1.165) is 12.0 Å². The molecule has 0 aromatic rings. The molecule has 1 saturated carbocycles. The standard InChI is InChI=1S/C12H24N2/c1-10(2)11-8-13-12(9-14(11)3)6-4-5-7-12/h10-11,13H,4-9H2,1-3H3. The van der Waals surface area contributed by atoms with Crippen LogP contribution in [0.25, 0.3) is 0 Å². The first kappa shape index (κ1) is 10.4. The highest BCUT2D eigenvalue weighted by molar-refractivity contribution is 5.00. The topological polar surface area (TPSA) is 15.3 Å². The Hall–Kier alpha value is -0.0800. The molecule has 2 aliphatic rings. The van der Waals surface area contributed by atoms with E-state index in [9.17, 15) is 0 Å². The quantitative estimate of drug-likeness (QED) is 0.688. The van der Waals surface area contributed by atoms with Gasteiger partial charge in [0, 0.05) is 24.7 Å². The first-order valence-corrected chi connectivity index (χ1v) is 6.08. The van der Waals surface area contributed by atoms with Crippen LogP contribution in [0.15, 0.2) is 0 Å². The molecule has 1 aliphatic heterocycles. The van der Waals surface area contributed by atoms with Gasteiger partial charge < -0.3 is 10.2 Å². The Kier molecular flexibility index (Phi) is 2.85. The van der Waals surface area contributed by atoms with Crippen LogP contribution in [0.4, 0.5) is 0 Å². The van der Waals surface area contributed by atoms with Gasteiger partial charge in [-0.2, -0.15) is 0 Å². The number of hydrogen-bond acceptors (Lipinski definition) is 2. The molecule has 0 aromatic heterocycles. The fraction of sp³-hybridized carbons (Fsp3) is 1.00. The van der Waals surface area contributed by atoms with E-state index in [-0.39, 0.29) is 0 Å². The number of nitrogens with zero attached hydrogens (tertiary/aromatic N) is 1. The van der Waals surface area contributed by atoms with Crippen molar-refractivity contribution in [3.05, 3.63) is 0 Å². The van der Waals surface area contributed by atoms with Crippen LogP contribution in [0.5, 0.6) is 0 Å². The van der Waals surface area contributed by atoms with Crippen LogP contribution >= 0.6 is 0 Å². The summed E-state index contributed by atoms with van der Waals surface area (Å²) in [6.45, 7) is 7.11. The molecule has 2 fully saturated rings. The molecule has 2 rings (SSSR count). The van der Waals surface area contributed by atoms with Crippen molar-refractivity contribution in [3.8, 4) is 0 Å². The molecule has 14 heavy (non-hydrogen) atoms. The normalized spacial score (nSPS) is 33.0. The molecule has 0 aromatic carbocycles. The van der Waals surface area contributed by atoms with E-state index in [0.29, 0.717) is 5.54 Å². The smallest absolute Gasteiger partial charge is 0.0309 e. The van der Waals surface area contributed by atoms with Crippen molar-refractivity contribution in [3.63, 3.8) is 0 Å². The molecule has 2 nitrogen and oxygen atoms in total. The molecule has 1 spiro atoms. The Labute approximate surface area is 88.1 Å². The lowest BCUT2D eigenvalue weighted by Crippen LogP contribution is -2.63. The van der Waals surface area contributed by atoms with Crippen molar-refractivity contribution in [2.75, 3.05) is 20.1 Å². The first-order valence-electron chi connectivity index (χ1n) is 6.08. The molecule has 1 N–H and O–H groups in total. The SMILES string of the molecule is CC(C)C1CNC2(CCCC2)CN1C. The van der Waals surface area contributed by atoms with Crippen molar-refractivity contribution in [2.24, 2.45) is 5.92 Å². The van der Waals surface area contributed by atoms with Gasteiger partial charge in [0.1, 0.15) is 0 Å². The van der Waals surface area contributed by atoms with Crippen LogP contribution in [-0.2, 0) is 0 Å². The van der Waals surface area contributed by atoms with E-state index in [4.69, 9.17) is 0 Å². The van der Waals surface area contributed by atoms with Crippen LogP contribution in [0.2, 0.25) is 0 Å². The van der Waals surface area contributed by atoms with Crippen LogP contribution in [0.1, 0.15) is 39.5 Å². The zero-order chi connectivity index (χ0) is 10.2. The second-order valence-corrected chi connectivity index (χ2v) is 5.59. The van der Waals surface area contributed by atoms with Crippen LogP contribution in [0.3, 0.4) is 0 Å².